The number of benzene rings is 3. The van der Waals surface area contributed by atoms with Gasteiger partial charge in [-0.15, -0.1) is 0 Å². The van der Waals surface area contributed by atoms with Crippen LogP contribution in [0.5, 0.6) is 0 Å². The van der Waals surface area contributed by atoms with Crippen LogP contribution in [0.3, 0.4) is 0 Å². The first kappa shape index (κ1) is 23.8. The molecular weight excluding hydrogens is 438 g/mol. The van der Waals surface area contributed by atoms with Crippen molar-refractivity contribution in [1.82, 2.24) is 9.80 Å². The zero-order valence-corrected chi connectivity index (χ0v) is 19.3. The maximum atomic E-state index is 14.2. The van der Waals surface area contributed by atoms with Crippen LogP contribution in [0.25, 0.3) is 10.8 Å². The molecule has 0 saturated carbocycles. The molecule has 0 bridgehead atoms. The van der Waals surface area contributed by atoms with Gasteiger partial charge in [-0.1, -0.05) is 50.2 Å². The Kier molecular flexibility index (Phi) is 7.22. The molecule has 0 aliphatic carbocycles. The molecule has 0 radical (unpaired) electrons. The average Bonchev–Trinajstić information content (AvgIpc) is 2.82. The van der Waals surface area contributed by atoms with Gasteiger partial charge in [-0.3, -0.25) is 9.59 Å². The molecule has 2 amide bonds. The van der Waals surface area contributed by atoms with Crippen molar-refractivity contribution in [2.24, 2.45) is 5.92 Å². The van der Waals surface area contributed by atoms with Crippen LogP contribution in [-0.4, -0.2) is 60.5 Å². The largest absolute Gasteiger partial charge is 0.373 e. The van der Waals surface area contributed by atoms with Crippen molar-refractivity contribution in [1.29, 1.82) is 0 Å². The lowest BCUT2D eigenvalue weighted by atomic mass is 10.0. The van der Waals surface area contributed by atoms with Gasteiger partial charge in [0, 0.05) is 37.8 Å². The van der Waals surface area contributed by atoms with Gasteiger partial charge in [0.25, 0.3) is 11.8 Å². The second kappa shape index (κ2) is 10.3. The number of nitrogens with zero attached hydrogens (tertiary/aromatic N) is 2. The predicted molar refractivity (Wildman–Crippen MR) is 127 cm³/mol. The summed E-state index contributed by atoms with van der Waals surface area (Å²) in [5.74, 6) is -2.00. The molecule has 1 aliphatic rings. The molecule has 1 heterocycles. The molecule has 0 unspecified atom stereocenters. The summed E-state index contributed by atoms with van der Waals surface area (Å²) in [5, 5.41) is 1.88. The Morgan fingerprint density at radius 2 is 1.82 bits per heavy atom. The fraction of sp³-hybridized carbons (Fsp3) is 0.333. The van der Waals surface area contributed by atoms with E-state index >= 15 is 0 Å². The van der Waals surface area contributed by atoms with Gasteiger partial charge < -0.3 is 14.5 Å². The van der Waals surface area contributed by atoms with Crippen molar-refractivity contribution in [2.45, 2.75) is 20.0 Å². The topological polar surface area (TPSA) is 49.9 Å². The molecule has 178 valence electrons. The van der Waals surface area contributed by atoms with Crippen LogP contribution >= 0.6 is 0 Å². The van der Waals surface area contributed by atoms with Crippen molar-refractivity contribution in [3.8, 4) is 0 Å². The highest BCUT2D eigenvalue weighted by atomic mass is 19.1. The average molecular weight is 467 g/mol. The van der Waals surface area contributed by atoms with E-state index in [0.29, 0.717) is 31.3 Å². The molecule has 34 heavy (non-hydrogen) atoms. The smallest absolute Gasteiger partial charge is 0.257 e. The number of hydrogen-bond donors (Lipinski definition) is 0. The van der Waals surface area contributed by atoms with Gasteiger partial charge in [0.05, 0.1) is 18.3 Å². The fourth-order valence-electron chi connectivity index (χ4n) is 4.36. The lowest BCUT2D eigenvalue weighted by molar-refractivity contribution is -0.0341. The first-order valence-electron chi connectivity index (χ1n) is 11.5. The first-order valence-corrected chi connectivity index (χ1v) is 11.5. The van der Waals surface area contributed by atoms with Gasteiger partial charge in [0.2, 0.25) is 0 Å². The maximum absolute atomic E-state index is 14.2. The van der Waals surface area contributed by atoms with E-state index in [1.54, 1.807) is 4.90 Å². The van der Waals surface area contributed by atoms with Gasteiger partial charge >= 0.3 is 0 Å². The Labute approximate surface area is 197 Å². The third kappa shape index (κ3) is 5.25. The van der Waals surface area contributed by atoms with Crippen LogP contribution in [0.2, 0.25) is 0 Å². The predicted octanol–water partition coefficient (Wildman–Crippen LogP) is 4.76. The summed E-state index contributed by atoms with van der Waals surface area (Å²) in [6.07, 6.45) is -0.418. The minimum atomic E-state index is -0.888. The van der Waals surface area contributed by atoms with E-state index in [9.17, 15) is 18.4 Å². The quantitative estimate of drug-likeness (QED) is 0.527. The number of rotatable bonds is 6. The number of fused-ring (bicyclic) bond motifs is 1. The van der Waals surface area contributed by atoms with E-state index in [4.69, 9.17) is 4.74 Å². The van der Waals surface area contributed by atoms with Crippen LogP contribution in [0.4, 0.5) is 8.78 Å². The molecule has 4 rings (SSSR count). The monoisotopic (exact) mass is 466 g/mol. The lowest BCUT2D eigenvalue weighted by Gasteiger charge is -2.36. The summed E-state index contributed by atoms with van der Waals surface area (Å²) < 4.78 is 33.3. The summed E-state index contributed by atoms with van der Waals surface area (Å²) in [5.41, 5.74) is 0.448. The summed E-state index contributed by atoms with van der Waals surface area (Å²) in [6, 6.07) is 16.4. The van der Waals surface area contributed by atoms with Gasteiger partial charge in [-0.05, 0) is 34.9 Å². The molecule has 5 nitrogen and oxygen atoms in total. The van der Waals surface area contributed by atoms with Crippen LogP contribution in [0.1, 0.15) is 34.6 Å². The van der Waals surface area contributed by atoms with E-state index in [1.165, 1.54) is 4.90 Å². The third-order valence-electron chi connectivity index (χ3n) is 5.90. The number of amides is 2. The van der Waals surface area contributed by atoms with E-state index < -0.39 is 23.6 Å². The number of ether oxygens (including phenoxy) is 1. The second-order valence-electron chi connectivity index (χ2n) is 9.00. The number of halogens is 2. The highest BCUT2D eigenvalue weighted by Gasteiger charge is 2.30. The van der Waals surface area contributed by atoms with E-state index in [2.05, 4.69) is 0 Å². The van der Waals surface area contributed by atoms with E-state index in [1.807, 2.05) is 56.3 Å². The van der Waals surface area contributed by atoms with Gasteiger partial charge in [-0.25, -0.2) is 8.78 Å². The Balaban J connectivity index is 1.53. The second-order valence-corrected chi connectivity index (χ2v) is 9.00. The summed E-state index contributed by atoms with van der Waals surface area (Å²) in [7, 11) is 0. The van der Waals surface area contributed by atoms with Gasteiger partial charge in [-0.2, -0.15) is 0 Å². The van der Waals surface area contributed by atoms with Crippen molar-refractivity contribution in [3.63, 3.8) is 0 Å². The van der Waals surface area contributed by atoms with Crippen LogP contribution in [-0.2, 0) is 4.74 Å². The Hall–Kier alpha value is -3.32. The minimum Gasteiger partial charge on any atom is -0.373 e. The molecule has 1 fully saturated rings. The van der Waals surface area contributed by atoms with E-state index in [0.717, 1.165) is 22.9 Å². The standard InChI is InChI=1S/C27H28F2N2O3/c1-18(2)15-31(26(32)23-9-5-7-19-6-3-4-8-22(19)23)17-21-16-30(12-13-34-21)27(33)24-11-10-20(28)14-25(24)29/h3-11,14,18,21H,12-13,15-17H2,1-2H3/t21-/m0/s1. The molecule has 3 aromatic carbocycles. The van der Waals surface area contributed by atoms with Crippen LogP contribution < -0.4 is 0 Å². The molecule has 3 aromatic rings. The van der Waals surface area contributed by atoms with Crippen LogP contribution in [0.15, 0.2) is 60.7 Å². The van der Waals surface area contributed by atoms with Gasteiger partial charge in [0.1, 0.15) is 11.6 Å². The molecule has 1 atom stereocenters. The zero-order chi connectivity index (χ0) is 24.2. The molecule has 1 aliphatic heterocycles. The van der Waals surface area contributed by atoms with Crippen molar-refractivity contribution in [2.75, 3.05) is 32.8 Å². The number of carbonyl (C=O) groups excluding carboxylic acids is 2. The Morgan fingerprint density at radius 3 is 2.59 bits per heavy atom. The lowest BCUT2D eigenvalue weighted by Crippen LogP contribution is -2.51. The minimum absolute atomic E-state index is 0.0953. The molecule has 0 aromatic heterocycles. The normalized spacial score (nSPS) is 16.1. The SMILES string of the molecule is CC(C)CN(C[C@@H]1CN(C(=O)c2ccc(F)cc2F)CCO1)C(=O)c1cccc2ccccc12. The van der Waals surface area contributed by atoms with Crippen molar-refractivity contribution in [3.05, 3.63) is 83.4 Å². The number of morpholine rings is 1. The first-order chi connectivity index (χ1) is 16.3. The molecule has 0 N–H and O–H groups in total. The van der Waals surface area contributed by atoms with Crippen LogP contribution in [0, 0.1) is 17.6 Å². The number of carbonyl (C=O) groups is 2. The molecule has 1 saturated heterocycles. The maximum Gasteiger partial charge on any atom is 0.257 e. The molecule has 7 heteroatoms. The summed E-state index contributed by atoms with van der Waals surface area (Å²) in [4.78, 5) is 29.7. The fourth-order valence-corrected chi connectivity index (χ4v) is 4.36. The third-order valence-corrected chi connectivity index (χ3v) is 5.90. The highest BCUT2D eigenvalue weighted by molar-refractivity contribution is 6.07. The Bertz CT molecular complexity index is 1190. The van der Waals surface area contributed by atoms with Crippen molar-refractivity contribution >= 4 is 22.6 Å². The molecular formula is C27H28F2N2O3. The molecule has 0 spiro atoms. The van der Waals surface area contributed by atoms with Crippen molar-refractivity contribution < 1.29 is 23.1 Å². The van der Waals surface area contributed by atoms with Gasteiger partial charge in [0.15, 0.2) is 0 Å². The Morgan fingerprint density at radius 1 is 1.06 bits per heavy atom. The summed E-state index contributed by atoms with van der Waals surface area (Å²) >= 11 is 0. The highest BCUT2D eigenvalue weighted by Crippen LogP contribution is 2.22. The zero-order valence-electron chi connectivity index (χ0n) is 19.3. The number of hydrogen-bond acceptors (Lipinski definition) is 3. The summed E-state index contributed by atoms with van der Waals surface area (Å²) in [6.45, 7) is 5.70. The van der Waals surface area contributed by atoms with E-state index in [-0.39, 0.29) is 30.5 Å².